The van der Waals surface area contributed by atoms with Gasteiger partial charge in [0.25, 0.3) is 0 Å². The lowest BCUT2D eigenvalue weighted by atomic mass is 10.2. The molecular formula is C16H25N3S. The molecule has 0 radical (unpaired) electrons. The van der Waals surface area contributed by atoms with Crippen LogP contribution in [0.3, 0.4) is 0 Å². The van der Waals surface area contributed by atoms with Gasteiger partial charge in [0.2, 0.25) is 0 Å². The van der Waals surface area contributed by atoms with E-state index in [0.717, 1.165) is 12.5 Å². The van der Waals surface area contributed by atoms with Crippen LogP contribution in [0, 0.1) is 0 Å². The Balaban J connectivity index is 1.72. The third-order valence-corrected chi connectivity index (χ3v) is 4.67. The summed E-state index contributed by atoms with van der Waals surface area (Å²) < 4.78 is 0. The van der Waals surface area contributed by atoms with E-state index < -0.39 is 0 Å². The maximum absolute atomic E-state index is 4.32. The van der Waals surface area contributed by atoms with E-state index in [1.54, 1.807) is 0 Å². The molecular weight excluding hydrogens is 266 g/mol. The van der Waals surface area contributed by atoms with Crippen LogP contribution >= 0.6 is 11.8 Å². The highest BCUT2D eigenvalue weighted by Gasteiger charge is 2.16. The number of rotatable bonds is 5. The van der Waals surface area contributed by atoms with Crippen LogP contribution in [0.15, 0.2) is 40.2 Å². The summed E-state index contributed by atoms with van der Waals surface area (Å²) >= 11 is 1.89. The summed E-state index contributed by atoms with van der Waals surface area (Å²) in [5, 5.41) is 7.46. The molecule has 0 heterocycles. The summed E-state index contributed by atoms with van der Waals surface area (Å²) in [6.45, 7) is 3.17. The van der Waals surface area contributed by atoms with Crippen molar-refractivity contribution >= 4 is 17.7 Å². The van der Waals surface area contributed by atoms with E-state index in [1.165, 1.54) is 30.6 Å². The molecule has 1 aliphatic rings. The molecule has 110 valence electrons. The third kappa shape index (κ3) is 5.08. The second-order valence-corrected chi connectivity index (χ2v) is 6.83. The monoisotopic (exact) mass is 291 g/mol. The predicted molar refractivity (Wildman–Crippen MR) is 88.5 cm³/mol. The van der Waals surface area contributed by atoms with Crippen LogP contribution in [0.2, 0.25) is 0 Å². The van der Waals surface area contributed by atoms with Crippen molar-refractivity contribution in [1.29, 1.82) is 0 Å². The Kier molecular flexibility index (Phi) is 6.25. The van der Waals surface area contributed by atoms with Gasteiger partial charge in [0.05, 0.1) is 0 Å². The van der Waals surface area contributed by atoms with Gasteiger partial charge in [0.1, 0.15) is 0 Å². The van der Waals surface area contributed by atoms with Crippen molar-refractivity contribution in [2.75, 3.05) is 13.6 Å². The van der Waals surface area contributed by atoms with Crippen LogP contribution in [-0.2, 0) is 0 Å². The van der Waals surface area contributed by atoms with Gasteiger partial charge >= 0.3 is 0 Å². The minimum atomic E-state index is 0.513. The Morgan fingerprint density at radius 2 is 2.00 bits per heavy atom. The van der Waals surface area contributed by atoms with Crippen LogP contribution in [0.4, 0.5) is 0 Å². The Labute approximate surface area is 126 Å². The van der Waals surface area contributed by atoms with Gasteiger partial charge in [-0.05, 0) is 25.0 Å². The van der Waals surface area contributed by atoms with Crippen molar-refractivity contribution in [3.05, 3.63) is 30.3 Å². The summed E-state index contributed by atoms with van der Waals surface area (Å²) in [6.07, 6.45) is 5.23. The van der Waals surface area contributed by atoms with E-state index in [-0.39, 0.29) is 0 Å². The summed E-state index contributed by atoms with van der Waals surface area (Å²) in [6, 6.07) is 11.2. The third-order valence-electron chi connectivity index (χ3n) is 3.56. The van der Waals surface area contributed by atoms with Crippen LogP contribution in [0.1, 0.15) is 32.6 Å². The van der Waals surface area contributed by atoms with E-state index in [9.17, 15) is 0 Å². The Morgan fingerprint density at radius 1 is 1.30 bits per heavy atom. The molecule has 4 heteroatoms. The summed E-state index contributed by atoms with van der Waals surface area (Å²) in [5.41, 5.74) is 0. The van der Waals surface area contributed by atoms with Crippen LogP contribution < -0.4 is 10.6 Å². The second kappa shape index (κ2) is 8.20. The molecule has 20 heavy (non-hydrogen) atoms. The van der Waals surface area contributed by atoms with Crippen molar-refractivity contribution in [2.24, 2.45) is 4.99 Å². The van der Waals surface area contributed by atoms with Gasteiger partial charge in [0.15, 0.2) is 5.96 Å². The first kappa shape index (κ1) is 15.2. The Morgan fingerprint density at radius 3 is 2.65 bits per heavy atom. The molecule has 2 N–H and O–H groups in total. The molecule has 1 saturated carbocycles. The van der Waals surface area contributed by atoms with Crippen LogP contribution in [-0.4, -0.2) is 30.8 Å². The lowest BCUT2D eigenvalue weighted by Gasteiger charge is -2.19. The highest BCUT2D eigenvalue weighted by Crippen LogP contribution is 2.22. The largest absolute Gasteiger partial charge is 0.355 e. The second-order valence-electron chi connectivity index (χ2n) is 5.32. The fraction of sp³-hybridized carbons (Fsp3) is 0.562. The van der Waals surface area contributed by atoms with E-state index in [2.05, 4.69) is 52.9 Å². The number of benzene rings is 1. The number of hydrogen-bond acceptors (Lipinski definition) is 2. The van der Waals surface area contributed by atoms with Gasteiger partial charge in [-0.1, -0.05) is 38.0 Å². The van der Waals surface area contributed by atoms with Gasteiger partial charge in [-0.25, -0.2) is 0 Å². The van der Waals surface area contributed by atoms with Crippen molar-refractivity contribution in [2.45, 2.75) is 48.8 Å². The summed E-state index contributed by atoms with van der Waals surface area (Å²) in [5.74, 6) is 0.942. The van der Waals surface area contributed by atoms with Crippen LogP contribution in [0.5, 0.6) is 0 Å². The molecule has 1 aromatic carbocycles. The van der Waals surface area contributed by atoms with Crippen molar-refractivity contribution in [1.82, 2.24) is 10.6 Å². The lowest BCUT2D eigenvalue weighted by molar-refractivity contribution is 0.613. The first-order valence-corrected chi connectivity index (χ1v) is 8.35. The average molecular weight is 291 g/mol. The van der Waals surface area contributed by atoms with E-state index in [0.29, 0.717) is 11.3 Å². The number of thioether (sulfide) groups is 1. The smallest absolute Gasteiger partial charge is 0.191 e. The maximum Gasteiger partial charge on any atom is 0.191 e. The molecule has 0 aromatic heterocycles. The Bertz CT molecular complexity index is 413. The SMILES string of the molecule is CN=C(NCC(C)Sc1ccccc1)NC1CCCC1. The van der Waals surface area contributed by atoms with E-state index in [1.807, 2.05) is 18.8 Å². The first-order valence-electron chi connectivity index (χ1n) is 7.47. The molecule has 0 bridgehead atoms. The van der Waals surface area contributed by atoms with Crippen molar-refractivity contribution < 1.29 is 0 Å². The zero-order chi connectivity index (χ0) is 14.2. The van der Waals surface area contributed by atoms with Gasteiger partial charge in [0, 0.05) is 29.8 Å². The standard InChI is InChI=1S/C16H25N3S/c1-13(20-15-10-4-3-5-11-15)12-18-16(17-2)19-14-8-6-7-9-14/h3-5,10-11,13-14H,6-9,12H2,1-2H3,(H2,17,18,19). The van der Waals surface area contributed by atoms with Gasteiger partial charge < -0.3 is 10.6 Å². The fourth-order valence-electron chi connectivity index (χ4n) is 2.47. The zero-order valence-corrected chi connectivity index (χ0v) is 13.2. The minimum Gasteiger partial charge on any atom is -0.355 e. The molecule has 1 aromatic rings. The molecule has 3 nitrogen and oxygen atoms in total. The Hall–Kier alpha value is -1.16. The number of hydrogen-bond donors (Lipinski definition) is 2. The summed E-state index contributed by atoms with van der Waals surface area (Å²) in [7, 11) is 1.85. The lowest BCUT2D eigenvalue weighted by Crippen LogP contribution is -2.44. The molecule has 1 atom stereocenters. The highest BCUT2D eigenvalue weighted by atomic mass is 32.2. The molecule has 0 aliphatic heterocycles. The molecule has 1 unspecified atom stereocenters. The van der Waals surface area contributed by atoms with E-state index in [4.69, 9.17) is 0 Å². The number of nitrogens with one attached hydrogen (secondary N) is 2. The molecule has 1 fully saturated rings. The van der Waals surface area contributed by atoms with Gasteiger partial charge in [-0.15, -0.1) is 11.8 Å². The van der Waals surface area contributed by atoms with Gasteiger partial charge in [-0.3, -0.25) is 4.99 Å². The van der Waals surface area contributed by atoms with Crippen molar-refractivity contribution in [3.63, 3.8) is 0 Å². The van der Waals surface area contributed by atoms with Crippen molar-refractivity contribution in [3.8, 4) is 0 Å². The topological polar surface area (TPSA) is 36.4 Å². The van der Waals surface area contributed by atoms with E-state index >= 15 is 0 Å². The number of nitrogens with zero attached hydrogens (tertiary/aromatic N) is 1. The van der Waals surface area contributed by atoms with Gasteiger partial charge in [-0.2, -0.15) is 0 Å². The molecule has 2 rings (SSSR count). The maximum atomic E-state index is 4.32. The molecule has 1 aliphatic carbocycles. The van der Waals surface area contributed by atoms with Crippen LogP contribution in [0.25, 0.3) is 0 Å². The predicted octanol–water partition coefficient (Wildman–Crippen LogP) is 3.27. The number of guanidine groups is 1. The summed E-state index contributed by atoms with van der Waals surface area (Å²) in [4.78, 5) is 5.64. The molecule has 0 amide bonds. The normalized spacial score (nSPS) is 18.0. The average Bonchev–Trinajstić information content (AvgIpc) is 2.97. The fourth-order valence-corrected chi connectivity index (χ4v) is 3.42. The highest BCUT2D eigenvalue weighted by molar-refractivity contribution is 8.00. The quantitative estimate of drug-likeness (QED) is 0.496. The minimum absolute atomic E-state index is 0.513. The number of aliphatic imine (C=N–C) groups is 1. The zero-order valence-electron chi connectivity index (χ0n) is 12.4. The molecule has 0 saturated heterocycles. The molecule has 0 spiro atoms. The first-order chi connectivity index (χ1) is 9.78.